The SMILES string of the molecule is CN(c1cc(C(F)(F)F)ccn1)C(C)(C)CN. The van der Waals surface area contributed by atoms with Crippen LogP contribution in [0.15, 0.2) is 18.3 Å². The highest BCUT2D eigenvalue weighted by molar-refractivity contribution is 5.43. The van der Waals surface area contributed by atoms with E-state index in [0.29, 0.717) is 6.54 Å². The highest BCUT2D eigenvalue weighted by atomic mass is 19.4. The van der Waals surface area contributed by atoms with Crippen LogP contribution in [-0.2, 0) is 6.18 Å². The predicted molar refractivity (Wildman–Crippen MR) is 60.8 cm³/mol. The van der Waals surface area contributed by atoms with Crippen molar-refractivity contribution >= 4 is 5.82 Å². The fraction of sp³-hybridized carbons (Fsp3) is 0.545. The monoisotopic (exact) mass is 247 g/mol. The third-order valence-corrected chi connectivity index (χ3v) is 2.82. The second kappa shape index (κ2) is 4.52. The Balaban J connectivity index is 3.08. The van der Waals surface area contributed by atoms with Gasteiger partial charge in [-0.25, -0.2) is 4.98 Å². The van der Waals surface area contributed by atoms with Gasteiger partial charge >= 0.3 is 6.18 Å². The van der Waals surface area contributed by atoms with E-state index in [4.69, 9.17) is 5.73 Å². The minimum absolute atomic E-state index is 0.260. The van der Waals surface area contributed by atoms with E-state index in [9.17, 15) is 13.2 Å². The van der Waals surface area contributed by atoms with E-state index in [0.717, 1.165) is 18.3 Å². The molecule has 1 rings (SSSR count). The Morgan fingerprint density at radius 1 is 1.35 bits per heavy atom. The van der Waals surface area contributed by atoms with Gasteiger partial charge in [0.1, 0.15) is 5.82 Å². The van der Waals surface area contributed by atoms with Crippen molar-refractivity contribution < 1.29 is 13.2 Å². The second-order valence-electron chi connectivity index (χ2n) is 4.48. The summed E-state index contributed by atoms with van der Waals surface area (Å²) in [7, 11) is 1.68. The van der Waals surface area contributed by atoms with Gasteiger partial charge in [0.15, 0.2) is 0 Å². The lowest BCUT2D eigenvalue weighted by atomic mass is 10.0. The molecule has 1 heterocycles. The molecule has 0 aliphatic carbocycles. The molecule has 17 heavy (non-hydrogen) atoms. The summed E-state index contributed by atoms with van der Waals surface area (Å²) >= 11 is 0. The van der Waals surface area contributed by atoms with Crippen LogP contribution in [0, 0.1) is 0 Å². The van der Waals surface area contributed by atoms with Crippen LogP contribution in [0.3, 0.4) is 0 Å². The molecule has 0 saturated heterocycles. The highest BCUT2D eigenvalue weighted by Gasteiger charge is 2.32. The number of hydrogen-bond acceptors (Lipinski definition) is 3. The number of halogens is 3. The zero-order chi connectivity index (χ0) is 13.3. The van der Waals surface area contributed by atoms with E-state index < -0.39 is 17.3 Å². The molecule has 0 radical (unpaired) electrons. The van der Waals surface area contributed by atoms with E-state index >= 15 is 0 Å². The third-order valence-electron chi connectivity index (χ3n) is 2.82. The first-order valence-electron chi connectivity index (χ1n) is 5.15. The van der Waals surface area contributed by atoms with Gasteiger partial charge < -0.3 is 10.6 Å². The van der Waals surface area contributed by atoms with Crippen molar-refractivity contribution in [2.24, 2.45) is 5.73 Å². The van der Waals surface area contributed by atoms with Gasteiger partial charge in [0.25, 0.3) is 0 Å². The summed E-state index contributed by atoms with van der Waals surface area (Å²) in [5.41, 5.74) is 4.42. The van der Waals surface area contributed by atoms with E-state index in [1.54, 1.807) is 11.9 Å². The topological polar surface area (TPSA) is 42.2 Å². The van der Waals surface area contributed by atoms with Crippen molar-refractivity contribution in [1.29, 1.82) is 0 Å². The predicted octanol–water partition coefficient (Wildman–Crippen LogP) is 2.27. The maximum atomic E-state index is 12.5. The molecule has 0 saturated carbocycles. The lowest BCUT2D eigenvalue weighted by molar-refractivity contribution is -0.137. The average molecular weight is 247 g/mol. The molecule has 0 atom stereocenters. The summed E-state index contributed by atoms with van der Waals surface area (Å²) in [6.45, 7) is 4.01. The molecule has 0 aromatic carbocycles. The van der Waals surface area contributed by atoms with Crippen molar-refractivity contribution in [3.63, 3.8) is 0 Å². The number of rotatable bonds is 3. The van der Waals surface area contributed by atoms with Crippen molar-refractivity contribution in [3.05, 3.63) is 23.9 Å². The zero-order valence-electron chi connectivity index (χ0n) is 10.0. The molecule has 1 aromatic rings. The number of aromatic nitrogens is 1. The van der Waals surface area contributed by atoms with Crippen LogP contribution in [0.1, 0.15) is 19.4 Å². The Morgan fingerprint density at radius 2 is 1.94 bits per heavy atom. The Labute approximate surface area is 98.4 Å². The van der Waals surface area contributed by atoms with Crippen LogP contribution in [-0.4, -0.2) is 24.1 Å². The first-order valence-corrected chi connectivity index (χ1v) is 5.15. The van der Waals surface area contributed by atoms with Crippen molar-refractivity contribution in [2.75, 3.05) is 18.5 Å². The summed E-state index contributed by atoms with van der Waals surface area (Å²) in [5.74, 6) is 0.260. The molecule has 0 aliphatic rings. The minimum atomic E-state index is -4.36. The van der Waals surface area contributed by atoms with E-state index in [-0.39, 0.29) is 5.82 Å². The third kappa shape index (κ3) is 3.09. The first kappa shape index (κ1) is 13.8. The molecule has 0 bridgehead atoms. The Morgan fingerprint density at radius 3 is 2.41 bits per heavy atom. The minimum Gasteiger partial charge on any atom is -0.353 e. The van der Waals surface area contributed by atoms with Gasteiger partial charge in [0.2, 0.25) is 0 Å². The molecular formula is C11H16F3N3. The molecule has 0 amide bonds. The van der Waals surface area contributed by atoms with E-state index in [2.05, 4.69) is 4.98 Å². The summed E-state index contributed by atoms with van der Waals surface area (Å²) in [5, 5.41) is 0. The second-order valence-corrected chi connectivity index (χ2v) is 4.48. The zero-order valence-corrected chi connectivity index (χ0v) is 10.0. The van der Waals surface area contributed by atoms with E-state index in [1.807, 2.05) is 13.8 Å². The molecule has 0 spiro atoms. The van der Waals surface area contributed by atoms with Crippen LogP contribution in [0.4, 0.5) is 19.0 Å². The van der Waals surface area contributed by atoms with Crippen LogP contribution in [0.5, 0.6) is 0 Å². The quantitative estimate of drug-likeness (QED) is 0.891. The van der Waals surface area contributed by atoms with Gasteiger partial charge in [-0.2, -0.15) is 13.2 Å². The van der Waals surface area contributed by atoms with Crippen molar-refractivity contribution in [3.8, 4) is 0 Å². The standard InChI is InChI=1S/C11H16F3N3/c1-10(2,7-15)17(3)9-6-8(4-5-16-9)11(12,13)14/h4-6H,7,15H2,1-3H3. The van der Waals surface area contributed by atoms with Gasteiger partial charge in [-0.3, -0.25) is 0 Å². The summed E-state index contributed by atoms with van der Waals surface area (Å²) in [6.07, 6.45) is -3.20. The number of nitrogens with zero attached hydrogens (tertiary/aromatic N) is 2. The van der Waals surface area contributed by atoms with Crippen LogP contribution in [0.25, 0.3) is 0 Å². The number of likely N-dealkylation sites (N-methyl/N-ethyl adjacent to an activating group) is 1. The van der Waals surface area contributed by atoms with Crippen molar-refractivity contribution in [2.45, 2.75) is 25.6 Å². The number of hydrogen-bond donors (Lipinski definition) is 1. The van der Waals surface area contributed by atoms with Gasteiger partial charge in [0.05, 0.1) is 5.56 Å². The van der Waals surface area contributed by atoms with Gasteiger partial charge in [0, 0.05) is 25.3 Å². The number of nitrogens with two attached hydrogens (primary N) is 1. The Bertz CT molecular complexity index is 388. The first-order chi connectivity index (χ1) is 7.68. The van der Waals surface area contributed by atoms with Crippen LogP contribution in [0.2, 0.25) is 0 Å². The van der Waals surface area contributed by atoms with Gasteiger partial charge in [-0.05, 0) is 26.0 Å². The maximum absolute atomic E-state index is 12.5. The highest BCUT2D eigenvalue weighted by Crippen LogP contribution is 2.31. The lowest BCUT2D eigenvalue weighted by Gasteiger charge is -2.35. The maximum Gasteiger partial charge on any atom is 0.416 e. The Hall–Kier alpha value is -1.30. The number of anilines is 1. The number of pyridine rings is 1. The van der Waals surface area contributed by atoms with Gasteiger partial charge in [-0.15, -0.1) is 0 Å². The molecule has 3 nitrogen and oxygen atoms in total. The number of alkyl halides is 3. The summed E-state index contributed by atoms with van der Waals surface area (Å²) in [6, 6.07) is 1.98. The molecule has 0 unspecified atom stereocenters. The smallest absolute Gasteiger partial charge is 0.353 e. The molecule has 6 heteroatoms. The molecule has 0 fully saturated rings. The fourth-order valence-electron chi connectivity index (χ4n) is 1.23. The van der Waals surface area contributed by atoms with Crippen molar-refractivity contribution in [1.82, 2.24) is 4.98 Å². The Kier molecular flexibility index (Phi) is 3.66. The van der Waals surface area contributed by atoms with E-state index in [1.165, 1.54) is 0 Å². The van der Waals surface area contributed by atoms with Crippen LogP contribution < -0.4 is 10.6 Å². The molecule has 0 aliphatic heterocycles. The van der Waals surface area contributed by atoms with Crippen LogP contribution >= 0.6 is 0 Å². The average Bonchev–Trinajstić information content (AvgIpc) is 2.27. The normalized spacial score (nSPS) is 12.6. The largest absolute Gasteiger partial charge is 0.416 e. The van der Waals surface area contributed by atoms with Gasteiger partial charge in [-0.1, -0.05) is 0 Å². The molecule has 1 aromatic heterocycles. The molecule has 96 valence electrons. The lowest BCUT2D eigenvalue weighted by Crippen LogP contribution is -2.47. The molecule has 2 N–H and O–H groups in total. The summed E-state index contributed by atoms with van der Waals surface area (Å²) in [4.78, 5) is 5.58. The fourth-order valence-corrected chi connectivity index (χ4v) is 1.23. The summed E-state index contributed by atoms with van der Waals surface area (Å²) < 4.78 is 37.6. The molecular weight excluding hydrogens is 231 g/mol.